The molecule has 8 heteroatoms. The zero-order valence-corrected chi connectivity index (χ0v) is 17.2. The van der Waals surface area contributed by atoms with Crippen LogP contribution in [0.4, 0.5) is 0 Å². The molecule has 156 valence electrons. The van der Waals surface area contributed by atoms with Gasteiger partial charge in [-0.2, -0.15) is 0 Å². The lowest BCUT2D eigenvalue weighted by molar-refractivity contribution is 0.742. The molecule has 31 heavy (non-hydrogen) atoms. The van der Waals surface area contributed by atoms with Gasteiger partial charge in [0, 0.05) is 37.3 Å². The van der Waals surface area contributed by atoms with Crippen molar-refractivity contribution in [1.29, 1.82) is 0 Å². The molecule has 0 saturated carbocycles. The highest BCUT2D eigenvalue weighted by Crippen LogP contribution is 2.19. The van der Waals surface area contributed by atoms with Gasteiger partial charge in [0.2, 0.25) is 0 Å². The summed E-state index contributed by atoms with van der Waals surface area (Å²) in [5.74, 6) is 3.71. The van der Waals surface area contributed by atoms with Crippen LogP contribution >= 0.6 is 0 Å². The van der Waals surface area contributed by atoms with Crippen molar-refractivity contribution in [3.05, 3.63) is 59.2 Å². The van der Waals surface area contributed by atoms with Gasteiger partial charge >= 0.3 is 0 Å². The third-order valence-corrected chi connectivity index (χ3v) is 5.74. The molecule has 8 nitrogen and oxygen atoms in total. The van der Waals surface area contributed by atoms with Gasteiger partial charge in [-0.05, 0) is 49.2 Å². The van der Waals surface area contributed by atoms with Crippen LogP contribution < -0.4 is 10.6 Å². The minimum Gasteiger partial charge on any atom is -0.370 e. The number of aromatic nitrogens is 4. The molecule has 2 aromatic heterocycles. The van der Waals surface area contributed by atoms with E-state index in [-0.39, 0.29) is 0 Å². The Morgan fingerprint density at radius 3 is 1.65 bits per heavy atom. The Balaban J connectivity index is 1.26. The van der Waals surface area contributed by atoms with Crippen LogP contribution in [0, 0.1) is 0 Å². The second kappa shape index (κ2) is 7.54. The lowest BCUT2D eigenvalue weighted by Crippen LogP contribution is -2.30. The first kappa shape index (κ1) is 18.1. The molecule has 4 N–H and O–H groups in total. The number of hydrogen-bond acceptors (Lipinski definition) is 6. The summed E-state index contributed by atoms with van der Waals surface area (Å²) < 4.78 is 0. The topological polar surface area (TPSA) is 106 Å². The normalized spacial score (nSPS) is 16.6. The molecule has 0 saturated heterocycles. The van der Waals surface area contributed by atoms with E-state index in [4.69, 9.17) is 9.97 Å². The summed E-state index contributed by atoms with van der Waals surface area (Å²) in [7, 11) is 0. The number of nitrogens with zero attached hydrogens (tertiary/aromatic N) is 4. The highest BCUT2D eigenvalue weighted by molar-refractivity contribution is 6.02. The summed E-state index contributed by atoms with van der Waals surface area (Å²) in [5, 5.41) is 6.75. The molecule has 4 aromatic rings. The molecule has 0 amide bonds. The monoisotopic (exact) mass is 412 g/mol. The summed E-state index contributed by atoms with van der Waals surface area (Å²) in [5.41, 5.74) is 6.11. The lowest BCUT2D eigenvalue weighted by atomic mass is 10.1. The number of benzene rings is 2. The number of aliphatic imine (C=N–C) groups is 2. The van der Waals surface area contributed by atoms with Crippen LogP contribution in [0.2, 0.25) is 0 Å². The van der Waals surface area contributed by atoms with Crippen molar-refractivity contribution in [1.82, 2.24) is 30.6 Å². The average molecular weight is 413 g/mol. The second-order valence-corrected chi connectivity index (χ2v) is 8.03. The predicted molar refractivity (Wildman–Crippen MR) is 123 cm³/mol. The third kappa shape index (κ3) is 3.54. The van der Waals surface area contributed by atoms with Crippen LogP contribution in [0.25, 0.3) is 22.1 Å². The maximum absolute atomic E-state index is 4.80. The van der Waals surface area contributed by atoms with Crippen LogP contribution in [-0.2, 0) is 6.42 Å². The van der Waals surface area contributed by atoms with Crippen LogP contribution in [0.5, 0.6) is 0 Å². The molecule has 0 radical (unpaired) electrons. The van der Waals surface area contributed by atoms with Crippen molar-refractivity contribution in [2.75, 3.05) is 26.2 Å². The van der Waals surface area contributed by atoms with Crippen molar-refractivity contribution < 1.29 is 0 Å². The molecule has 6 rings (SSSR count). The third-order valence-electron chi connectivity index (χ3n) is 5.74. The van der Waals surface area contributed by atoms with E-state index in [0.29, 0.717) is 6.42 Å². The summed E-state index contributed by atoms with van der Waals surface area (Å²) in [6, 6.07) is 12.5. The van der Waals surface area contributed by atoms with Gasteiger partial charge in [0.25, 0.3) is 0 Å². The fourth-order valence-corrected chi connectivity index (χ4v) is 4.19. The Kier molecular flexibility index (Phi) is 4.40. The number of amidine groups is 2. The van der Waals surface area contributed by atoms with Crippen molar-refractivity contribution in [3.8, 4) is 0 Å². The van der Waals surface area contributed by atoms with E-state index in [1.54, 1.807) is 0 Å². The Labute approximate surface area is 179 Å². The Hall–Kier alpha value is -3.68. The van der Waals surface area contributed by atoms with Crippen molar-refractivity contribution in [2.45, 2.75) is 19.3 Å². The SMILES string of the molecule is c1cc2[nH]c(Cc3nc4cc(C5=NCCCN5)ccc4[nH]3)nc2cc1C1=NCCCN1. The Bertz CT molecular complexity index is 1220. The van der Waals surface area contributed by atoms with Crippen molar-refractivity contribution in [3.63, 3.8) is 0 Å². The molecule has 0 spiro atoms. The fourth-order valence-electron chi connectivity index (χ4n) is 4.19. The average Bonchev–Trinajstić information content (AvgIpc) is 3.42. The fraction of sp³-hybridized carbons (Fsp3) is 0.304. The molecule has 0 bridgehead atoms. The van der Waals surface area contributed by atoms with E-state index in [0.717, 1.165) is 95.5 Å². The zero-order valence-electron chi connectivity index (χ0n) is 17.2. The van der Waals surface area contributed by atoms with Crippen molar-refractivity contribution >= 4 is 33.7 Å². The maximum Gasteiger partial charge on any atom is 0.128 e. The first-order valence-electron chi connectivity index (χ1n) is 10.9. The maximum atomic E-state index is 4.80. The van der Waals surface area contributed by atoms with Crippen LogP contribution in [-0.4, -0.2) is 57.8 Å². The molecule has 2 aromatic carbocycles. The van der Waals surface area contributed by atoms with E-state index in [1.807, 2.05) is 0 Å². The number of imidazole rings is 2. The van der Waals surface area contributed by atoms with Gasteiger partial charge in [-0.1, -0.05) is 0 Å². The number of nitrogens with one attached hydrogen (secondary N) is 4. The Morgan fingerprint density at radius 1 is 0.677 bits per heavy atom. The van der Waals surface area contributed by atoms with Gasteiger partial charge in [0.05, 0.1) is 28.5 Å². The minimum absolute atomic E-state index is 0.617. The smallest absolute Gasteiger partial charge is 0.128 e. The van der Waals surface area contributed by atoms with E-state index < -0.39 is 0 Å². The van der Waals surface area contributed by atoms with Crippen LogP contribution in [0.15, 0.2) is 46.4 Å². The van der Waals surface area contributed by atoms with Gasteiger partial charge in [-0.15, -0.1) is 0 Å². The summed E-state index contributed by atoms with van der Waals surface area (Å²) >= 11 is 0. The Morgan fingerprint density at radius 2 is 1.19 bits per heavy atom. The minimum atomic E-state index is 0.617. The second-order valence-electron chi connectivity index (χ2n) is 8.03. The van der Waals surface area contributed by atoms with Gasteiger partial charge in [0.15, 0.2) is 0 Å². The van der Waals surface area contributed by atoms with Crippen LogP contribution in [0.3, 0.4) is 0 Å². The molecule has 2 aliphatic heterocycles. The predicted octanol–water partition coefficient (Wildman–Crippen LogP) is 2.51. The molecule has 4 heterocycles. The lowest BCUT2D eigenvalue weighted by Gasteiger charge is -2.14. The molecule has 0 unspecified atom stereocenters. The van der Waals surface area contributed by atoms with E-state index in [1.165, 1.54) is 0 Å². The highest BCUT2D eigenvalue weighted by atomic mass is 15.0. The quantitative estimate of drug-likeness (QED) is 0.413. The number of fused-ring (bicyclic) bond motifs is 2. The summed E-state index contributed by atoms with van der Waals surface area (Å²) in [4.78, 5) is 25.6. The highest BCUT2D eigenvalue weighted by Gasteiger charge is 2.13. The van der Waals surface area contributed by atoms with Gasteiger partial charge in [-0.3, -0.25) is 9.98 Å². The summed E-state index contributed by atoms with van der Waals surface area (Å²) in [6.45, 7) is 3.70. The first-order chi connectivity index (χ1) is 15.3. The van der Waals surface area contributed by atoms with E-state index in [2.05, 4.69) is 67.0 Å². The number of rotatable bonds is 4. The zero-order chi connectivity index (χ0) is 20.6. The molecule has 0 fully saturated rings. The largest absolute Gasteiger partial charge is 0.370 e. The molecule has 2 aliphatic rings. The molecule has 0 atom stereocenters. The number of hydrogen-bond donors (Lipinski definition) is 4. The van der Waals surface area contributed by atoms with Gasteiger partial charge in [0.1, 0.15) is 23.3 Å². The van der Waals surface area contributed by atoms with E-state index in [9.17, 15) is 0 Å². The van der Waals surface area contributed by atoms with Crippen molar-refractivity contribution in [2.24, 2.45) is 9.98 Å². The molecular formula is C23H24N8. The molecule has 0 aliphatic carbocycles. The summed E-state index contributed by atoms with van der Waals surface area (Å²) in [6.07, 6.45) is 2.79. The number of aromatic amines is 2. The van der Waals surface area contributed by atoms with Gasteiger partial charge in [-0.25, -0.2) is 9.97 Å². The standard InChI is InChI=1S/C23H24N8/c1-7-24-22(25-8-1)14-3-5-16-18(11-14)30-20(28-16)13-21-29-17-6-4-15(12-19(17)31-21)23-26-9-2-10-27-23/h3-6,11-12H,1-2,7-10,13H2,(H,24,25)(H,26,27)(H,28,30)(H,29,31). The van der Waals surface area contributed by atoms with Gasteiger partial charge < -0.3 is 20.6 Å². The number of H-pyrrole nitrogens is 2. The van der Waals surface area contributed by atoms with E-state index >= 15 is 0 Å². The van der Waals surface area contributed by atoms with Crippen LogP contribution in [0.1, 0.15) is 35.6 Å². The molecular weight excluding hydrogens is 388 g/mol. The first-order valence-corrected chi connectivity index (χ1v) is 10.9.